The molecule has 0 saturated heterocycles. The third kappa shape index (κ3) is 2.96. The molecule has 0 bridgehead atoms. The maximum Gasteiger partial charge on any atom is 0.124 e. The summed E-state index contributed by atoms with van der Waals surface area (Å²) in [5.74, 6) is -0.210. The molecule has 3 nitrogen and oxygen atoms in total. The van der Waals surface area contributed by atoms with Crippen LogP contribution in [0.1, 0.15) is 12.6 Å². The summed E-state index contributed by atoms with van der Waals surface area (Å²) >= 11 is 2.12. The Morgan fingerprint density at radius 2 is 2.29 bits per heavy atom. The fourth-order valence-corrected chi connectivity index (χ4v) is 2.27. The summed E-state index contributed by atoms with van der Waals surface area (Å²) in [5, 5.41) is 3.28. The number of nitrogens with one attached hydrogen (secondary N) is 1. The molecule has 1 heterocycles. The van der Waals surface area contributed by atoms with Gasteiger partial charge >= 0.3 is 0 Å². The van der Waals surface area contributed by atoms with E-state index in [4.69, 9.17) is 0 Å². The van der Waals surface area contributed by atoms with Crippen LogP contribution in [0.4, 0.5) is 10.1 Å². The van der Waals surface area contributed by atoms with Crippen molar-refractivity contribution >= 4 is 28.3 Å². The monoisotopic (exact) mass is 345 g/mol. The van der Waals surface area contributed by atoms with E-state index in [9.17, 15) is 4.39 Å². The number of halogens is 2. The molecule has 2 rings (SSSR count). The maximum absolute atomic E-state index is 12.9. The van der Waals surface area contributed by atoms with Crippen LogP contribution in [0, 0.1) is 9.39 Å². The number of hydrogen-bond acceptors (Lipinski definition) is 2. The first-order valence-corrected chi connectivity index (χ1v) is 6.46. The van der Waals surface area contributed by atoms with Crippen LogP contribution in [-0.4, -0.2) is 9.55 Å². The van der Waals surface area contributed by atoms with Crippen molar-refractivity contribution in [3.8, 4) is 0 Å². The van der Waals surface area contributed by atoms with E-state index in [0.717, 1.165) is 21.5 Å². The Kier molecular flexibility index (Phi) is 3.98. The fourth-order valence-electron chi connectivity index (χ4n) is 1.60. The number of nitrogens with zero attached hydrogens (tertiary/aromatic N) is 2. The van der Waals surface area contributed by atoms with Crippen molar-refractivity contribution in [2.45, 2.75) is 20.0 Å². The van der Waals surface area contributed by atoms with Crippen molar-refractivity contribution in [2.75, 3.05) is 5.32 Å². The van der Waals surface area contributed by atoms with E-state index >= 15 is 0 Å². The first-order chi connectivity index (χ1) is 8.20. The standard InChI is InChI=1S/C12H13FIN3/c1-2-17-8-15-6-10(17)7-16-12-4-3-9(13)5-11(12)14/h3-6,8,16H,2,7H2,1H3. The summed E-state index contributed by atoms with van der Waals surface area (Å²) in [6.07, 6.45) is 3.65. The Balaban J connectivity index is 2.07. The van der Waals surface area contributed by atoms with Gasteiger partial charge in [0.15, 0.2) is 0 Å². The molecule has 0 saturated carbocycles. The van der Waals surface area contributed by atoms with Crippen molar-refractivity contribution < 1.29 is 4.39 Å². The van der Waals surface area contributed by atoms with Gasteiger partial charge in [0.2, 0.25) is 0 Å². The van der Waals surface area contributed by atoms with Gasteiger partial charge in [-0.2, -0.15) is 0 Å². The topological polar surface area (TPSA) is 29.9 Å². The third-order valence-electron chi connectivity index (χ3n) is 2.53. The second-order valence-electron chi connectivity index (χ2n) is 3.65. The third-order valence-corrected chi connectivity index (χ3v) is 3.42. The highest BCUT2D eigenvalue weighted by Crippen LogP contribution is 2.19. The van der Waals surface area contributed by atoms with Crippen LogP contribution in [0.5, 0.6) is 0 Å². The lowest BCUT2D eigenvalue weighted by atomic mass is 10.3. The lowest BCUT2D eigenvalue weighted by Gasteiger charge is -2.10. The van der Waals surface area contributed by atoms with Gasteiger partial charge in [-0.3, -0.25) is 0 Å². The molecule has 0 fully saturated rings. The number of hydrogen-bond donors (Lipinski definition) is 1. The van der Waals surface area contributed by atoms with Crippen molar-refractivity contribution in [3.63, 3.8) is 0 Å². The minimum Gasteiger partial charge on any atom is -0.379 e. The van der Waals surface area contributed by atoms with E-state index in [1.165, 1.54) is 12.1 Å². The minimum atomic E-state index is -0.210. The summed E-state index contributed by atoms with van der Waals surface area (Å²) in [6.45, 7) is 3.67. The molecule has 0 unspecified atom stereocenters. The van der Waals surface area contributed by atoms with Gasteiger partial charge < -0.3 is 9.88 Å². The number of imidazole rings is 1. The molecule has 90 valence electrons. The van der Waals surface area contributed by atoms with Crippen LogP contribution in [0.15, 0.2) is 30.7 Å². The van der Waals surface area contributed by atoms with Gasteiger partial charge in [-0.05, 0) is 47.7 Å². The zero-order valence-electron chi connectivity index (χ0n) is 9.45. The molecule has 0 aliphatic heterocycles. The Labute approximate surface area is 113 Å². The quantitative estimate of drug-likeness (QED) is 0.863. The van der Waals surface area contributed by atoms with Crippen LogP contribution >= 0.6 is 22.6 Å². The number of benzene rings is 1. The molecule has 0 aliphatic carbocycles. The highest BCUT2D eigenvalue weighted by molar-refractivity contribution is 14.1. The van der Waals surface area contributed by atoms with E-state index < -0.39 is 0 Å². The molecule has 5 heteroatoms. The summed E-state index contributed by atoms with van der Waals surface area (Å²) in [5.41, 5.74) is 2.06. The zero-order chi connectivity index (χ0) is 12.3. The first-order valence-electron chi connectivity index (χ1n) is 5.38. The normalized spacial score (nSPS) is 10.5. The number of aromatic nitrogens is 2. The molecule has 1 N–H and O–H groups in total. The van der Waals surface area contributed by atoms with Crippen LogP contribution in [0.3, 0.4) is 0 Å². The molecule has 0 spiro atoms. The average molecular weight is 345 g/mol. The highest BCUT2D eigenvalue weighted by atomic mass is 127. The molecule has 1 aromatic heterocycles. The summed E-state index contributed by atoms with van der Waals surface area (Å²) in [6, 6.07) is 4.73. The molecular formula is C12H13FIN3. The average Bonchev–Trinajstić information content (AvgIpc) is 2.75. The first kappa shape index (κ1) is 12.3. The lowest BCUT2D eigenvalue weighted by molar-refractivity contribution is 0.627. The van der Waals surface area contributed by atoms with Crippen LogP contribution in [-0.2, 0) is 13.1 Å². The number of anilines is 1. The highest BCUT2D eigenvalue weighted by Gasteiger charge is 2.03. The molecule has 17 heavy (non-hydrogen) atoms. The van der Waals surface area contributed by atoms with Crippen molar-refractivity contribution in [1.29, 1.82) is 0 Å². The van der Waals surface area contributed by atoms with Gasteiger partial charge in [0.25, 0.3) is 0 Å². The van der Waals surface area contributed by atoms with Gasteiger partial charge in [0.05, 0.1) is 18.6 Å². The number of aryl methyl sites for hydroxylation is 1. The Bertz CT molecular complexity index is 510. The van der Waals surface area contributed by atoms with Gasteiger partial charge in [0, 0.05) is 22.0 Å². The van der Waals surface area contributed by atoms with Crippen LogP contribution in [0.25, 0.3) is 0 Å². The second kappa shape index (κ2) is 5.48. The Morgan fingerprint density at radius 1 is 1.47 bits per heavy atom. The van der Waals surface area contributed by atoms with Crippen LogP contribution < -0.4 is 5.32 Å². The fraction of sp³-hybridized carbons (Fsp3) is 0.250. The smallest absolute Gasteiger partial charge is 0.124 e. The molecule has 2 aromatic rings. The largest absolute Gasteiger partial charge is 0.379 e. The van der Waals surface area contributed by atoms with Gasteiger partial charge in [0.1, 0.15) is 5.82 Å². The number of rotatable bonds is 4. The molecule has 0 amide bonds. The molecular weight excluding hydrogens is 332 g/mol. The van der Waals surface area contributed by atoms with Crippen molar-refractivity contribution in [2.24, 2.45) is 0 Å². The summed E-state index contributed by atoms with van der Waals surface area (Å²) in [4.78, 5) is 4.10. The Morgan fingerprint density at radius 3 is 3.00 bits per heavy atom. The Hall–Kier alpha value is -1.11. The summed E-state index contributed by atoms with van der Waals surface area (Å²) < 4.78 is 15.9. The predicted octanol–water partition coefficient (Wildman–Crippen LogP) is 3.26. The van der Waals surface area contributed by atoms with Crippen molar-refractivity contribution in [3.05, 3.63) is 45.8 Å². The lowest BCUT2D eigenvalue weighted by Crippen LogP contribution is -2.06. The summed E-state index contributed by atoms with van der Waals surface area (Å²) in [7, 11) is 0. The second-order valence-corrected chi connectivity index (χ2v) is 4.81. The predicted molar refractivity (Wildman–Crippen MR) is 74.3 cm³/mol. The van der Waals surface area contributed by atoms with E-state index in [1.807, 2.05) is 12.5 Å². The molecule has 0 radical (unpaired) electrons. The molecule has 0 atom stereocenters. The zero-order valence-corrected chi connectivity index (χ0v) is 11.6. The van der Waals surface area contributed by atoms with E-state index in [2.05, 4.69) is 44.4 Å². The molecule has 0 aliphatic rings. The van der Waals surface area contributed by atoms with Crippen LogP contribution in [0.2, 0.25) is 0 Å². The van der Waals surface area contributed by atoms with Crippen molar-refractivity contribution in [1.82, 2.24) is 9.55 Å². The van der Waals surface area contributed by atoms with E-state index in [-0.39, 0.29) is 5.82 Å². The van der Waals surface area contributed by atoms with E-state index in [0.29, 0.717) is 6.54 Å². The minimum absolute atomic E-state index is 0.210. The maximum atomic E-state index is 12.9. The van der Waals surface area contributed by atoms with Gasteiger partial charge in [-0.15, -0.1) is 0 Å². The molecule has 1 aromatic carbocycles. The van der Waals surface area contributed by atoms with E-state index in [1.54, 1.807) is 6.07 Å². The SMILES string of the molecule is CCn1cncc1CNc1ccc(F)cc1I. The van der Waals surface area contributed by atoms with Gasteiger partial charge in [-0.1, -0.05) is 0 Å². The van der Waals surface area contributed by atoms with Gasteiger partial charge in [-0.25, -0.2) is 9.37 Å².